The molecule has 1 nitrogen and oxygen atoms in total. The highest BCUT2D eigenvalue weighted by Crippen LogP contribution is 2.29. The van der Waals surface area contributed by atoms with Crippen LogP contribution in [-0.4, -0.2) is 24.5 Å². The molecule has 0 radical (unpaired) electrons. The summed E-state index contributed by atoms with van der Waals surface area (Å²) in [6, 6.07) is 0. The number of hydrogen-bond donors (Lipinski definition) is 0. The molecule has 0 aromatic carbocycles. The van der Waals surface area contributed by atoms with E-state index in [1.165, 1.54) is 19.4 Å². The second kappa shape index (κ2) is 5.67. The molecular weight excluding hydrogens is 170 g/mol. The summed E-state index contributed by atoms with van der Waals surface area (Å²) < 4.78 is 0. The largest absolute Gasteiger partial charge is 0.288 e. The first-order valence-electron chi connectivity index (χ1n) is 5.20. The molecule has 14 heavy (non-hydrogen) atoms. The fourth-order valence-corrected chi connectivity index (χ4v) is 1.35. The van der Waals surface area contributed by atoms with Gasteiger partial charge in [0.2, 0.25) is 0 Å². The number of hydrogen-bond acceptors (Lipinski definition) is 1. The molecule has 1 rings (SSSR count). The van der Waals surface area contributed by atoms with Gasteiger partial charge in [-0.25, -0.2) is 0 Å². The molecule has 1 heteroatoms. The van der Waals surface area contributed by atoms with E-state index in [1.54, 1.807) is 0 Å². The van der Waals surface area contributed by atoms with E-state index >= 15 is 0 Å². The third-order valence-corrected chi connectivity index (χ3v) is 2.21. The van der Waals surface area contributed by atoms with Crippen LogP contribution >= 0.6 is 0 Å². The van der Waals surface area contributed by atoms with Crippen molar-refractivity contribution in [2.24, 2.45) is 5.92 Å². The number of nitrogens with zero attached hydrogens (tertiary/aromatic N) is 1. The normalized spacial score (nSPS) is 14.7. The first-order chi connectivity index (χ1) is 6.72. The zero-order valence-corrected chi connectivity index (χ0v) is 9.05. The highest BCUT2D eigenvalue weighted by Gasteiger charge is 2.23. The molecule has 0 heterocycles. The zero-order chi connectivity index (χ0) is 10.4. The van der Waals surface area contributed by atoms with Crippen LogP contribution in [0.4, 0.5) is 0 Å². The Bertz CT molecular complexity index is 263. The summed E-state index contributed by atoms with van der Waals surface area (Å²) in [6.07, 6.45) is 4.73. The molecule has 0 spiro atoms. The van der Waals surface area contributed by atoms with Crippen LogP contribution in [-0.2, 0) is 0 Å². The summed E-state index contributed by atoms with van der Waals surface area (Å²) in [5, 5.41) is 0. The third-order valence-electron chi connectivity index (χ3n) is 2.21. The zero-order valence-electron chi connectivity index (χ0n) is 9.05. The van der Waals surface area contributed by atoms with Crippen LogP contribution in [0.15, 0.2) is 24.8 Å². The van der Waals surface area contributed by atoms with Crippen molar-refractivity contribution in [3.05, 3.63) is 24.8 Å². The summed E-state index contributed by atoms with van der Waals surface area (Å²) in [5.41, 5.74) is 0.940. The van der Waals surface area contributed by atoms with Gasteiger partial charge >= 0.3 is 0 Å². The molecule has 0 saturated heterocycles. The predicted molar refractivity (Wildman–Crippen MR) is 62.0 cm³/mol. The van der Waals surface area contributed by atoms with E-state index in [-0.39, 0.29) is 0 Å². The van der Waals surface area contributed by atoms with Gasteiger partial charge in [-0.05, 0) is 31.3 Å². The first kappa shape index (κ1) is 11.1. The molecule has 0 N–H and O–H groups in total. The maximum absolute atomic E-state index is 3.76. The molecule has 76 valence electrons. The van der Waals surface area contributed by atoms with Crippen LogP contribution in [0.5, 0.6) is 0 Å². The highest BCUT2D eigenvalue weighted by molar-refractivity contribution is 5.23. The molecular formula is C13H19N. The lowest BCUT2D eigenvalue weighted by atomic mass is 10.3. The first-order valence-corrected chi connectivity index (χ1v) is 5.20. The molecule has 0 bridgehead atoms. The quantitative estimate of drug-likeness (QED) is 0.474. The molecule has 1 aliphatic carbocycles. The van der Waals surface area contributed by atoms with Crippen LogP contribution in [0.1, 0.15) is 19.8 Å². The Balaban J connectivity index is 2.30. The molecule has 0 unspecified atom stereocenters. The van der Waals surface area contributed by atoms with Crippen molar-refractivity contribution in [2.75, 3.05) is 19.6 Å². The molecule has 1 aliphatic rings. The van der Waals surface area contributed by atoms with Crippen molar-refractivity contribution in [1.29, 1.82) is 0 Å². The minimum Gasteiger partial charge on any atom is -0.288 e. The van der Waals surface area contributed by atoms with E-state index in [1.807, 2.05) is 13.0 Å². The van der Waals surface area contributed by atoms with E-state index in [0.717, 1.165) is 24.6 Å². The summed E-state index contributed by atoms with van der Waals surface area (Å²) in [4.78, 5) is 2.35. The van der Waals surface area contributed by atoms with Gasteiger partial charge in [-0.15, -0.1) is 6.58 Å². The van der Waals surface area contributed by atoms with Crippen molar-refractivity contribution in [2.45, 2.75) is 19.8 Å². The Morgan fingerprint density at radius 2 is 2.29 bits per heavy atom. The molecule has 0 aromatic heterocycles. The maximum Gasteiger partial charge on any atom is 0.0608 e. The van der Waals surface area contributed by atoms with E-state index in [0.29, 0.717) is 0 Å². The van der Waals surface area contributed by atoms with Gasteiger partial charge in [0.05, 0.1) is 6.54 Å². The van der Waals surface area contributed by atoms with Gasteiger partial charge in [-0.1, -0.05) is 24.5 Å². The summed E-state index contributed by atoms with van der Waals surface area (Å²) in [5.74, 6) is 7.06. The fraction of sp³-hybridized carbons (Fsp3) is 0.538. The van der Waals surface area contributed by atoms with Crippen LogP contribution in [0, 0.1) is 17.8 Å². The Morgan fingerprint density at radius 1 is 1.57 bits per heavy atom. The Kier molecular flexibility index (Phi) is 4.49. The van der Waals surface area contributed by atoms with Gasteiger partial charge in [-0.3, -0.25) is 4.90 Å². The Morgan fingerprint density at radius 3 is 2.79 bits per heavy atom. The molecule has 0 atom stereocenters. The lowest BCUT2D eigenvalue weighted by Crippen LogP contribution is -2.26. The van der Waals surface area contributed by atoms with Gasteiger partial charge < -0.3 is 0 Å². The van der Waals surface area contributed by atoms with Crippen molar-refractivity contribution in [3.8, 4) is 11.8 Å². The monoisotopic (exact) mass is 189 g/mol. The van der Waals surface area contributed by atoms with E-state index in [4.69, 9.17) is 0 Å². The molecule has 1 saturated carbocycles. The topological polar surface area (TPSA) is 3.24 Å². The maximum atomic E-state index is 3.76. The van der Waals surface area contributed by atoms with E-state index in [9.17, 15) is 0 Å². The number of allylic oxidation sites excluding steroid dienone is 1. The smallest absolute Gasteiger partial charge is 0.0608 e. The molecule has 0 amide bonds. The minimum atomic E-state index is 0.843. The fourth-order valence-electron chi connectivity index (χ4n) is 1.35. The lowest BCUT2D eigenvalue weighted by Gasteiger charge is -2.16. The van der Waals surface area contributed by atoms with Crippen LogP contribution in [0.2, 0.25) is 0 Å². The summed E-state index contributed by atoms with van der Waals surface area (Å²) in [7, 11) is 0. The summed E-state index contributed by atoms with van der Waals surface area (Å²) in [6.45, 7) is 12.4. The van der Waals surface area contributed by atoms with Crippen molar-refractivity contribution in [1.82, 2.24) is 4.90 Å². The SMILES string of the molecule is C=CCN(CC#CC(=C)C)CC1CC1. The van der Waals surface area contributed by atoms with Gasteiger partial charge in [-0.2, -0.15) is 0 Å². The molecule has 1 fully saturated rings. The Labute approximate surface area is 87.5 Å². The summed E-state index contributed by atoms with van der Waals surface area (Å²) >= 11 is 0. The molecule has 0 aromatic rings. The highest BCUT2D eigenvalue weighted by atomic mass is 15.1. The van der Waals surface area contributed by atoms with Gasteiger partial charge in [0.15, 0.2) is 0 Å². The van der Waals surface area contributed by atoms with E-state index in [2.05, 4.69) is 29.9 Å². The van der Waals surface area contributed by atoms with Crippen molar-refractivity contribution < 1.29 is 0 Å². The number of rotatable bonds is 5. The van der Waals surface area contributed by atoms with Crippen molar-refractivity contribution >= 4 is 0 Å². The lowest BCUT2D eigenvalue weighted by molar-refractivity contribution is 0.325. The Hall–Kier alpha value is -1.00. The van der Waals surface area contributed by atoms with Gasteiger partial charge in [0, 0.05) is 13.1 Å². The average molecular weight is 189 g/mol. The second-order valence-corrected chi connectivity index (χ2v) is 4.01. The van der Waals surface area contributed by atoms with Crippen molar-refractivity contribution in [3.63, 3.8) is 0 Å². The standard InChI is InChI=1S/C13H19N/c1-4-9-14(11-13-7-8-13)10-5-6-12(2)3/h4,13H,1-2,7-11H2,3H3. The average Bonchev–Trinajstić information content (AvgIpc) is 2.88. The van der Waals surface area contributed by atoms with Crippen LogP contribution in [0.25, 0.3) is 0 Å². The minimum absolute atomic E-state index is 0.843. The second-order valence-electron chi connectivity index (χ2n) is 4.01. The van der Waals surface area contributed by atoms with Crippen LogP contribution < -0.4 is 0 Å². The van der Waals surface area contributed by atoms with Gasteiger partial charge in [0.25, 0.3) is 0 Å². The van der Waals surface area contributed by atoms with Crippen LogP contribution in [0.3, 0.4) is 0 Å². The van der Waals surface area contributed by atoms with Gasteiger partial charge in [0.1, 0.15) is 0 Å². The van der Waals surface area contributed by atoms with E-state index < -0.39 is 0 Å². The molecule has 0 aliphatic heterocycles. The predicted octanol–water partition coefficient (Wildman–Crippen LogP) is 2.46. The third kappa shape index (κ3) is 4.89.